The molecule has 2 amide bonds. The number of fused-ring (bicyclic) bond motifs is 2. The van der Waals surface area contributed by atoms with Crippen LogP contribution in [0.25, 0.3) is 0 Å². The molecular weight excluding hydrogens is 352 g/mol. The van der Waals surface area contributed by atoms with Crippen LogP contribution in [0, 0.1) is 6.92 Å². The van der Waals surface area contributed by atoms with E-state index in [1.54, 1.807) is 25.1 Å². The van der Waals surface area contributed by atoms with E-state index in [0.29, 0.717) is 34.2 Å². The van der Waals surface area contributed by atoms with Gasteiger partial charge in [0.05, 0.1) is 17.9 Å². The highest BCUT2D eigenvalue weighted by Gasteiger charge is 2.31. The molecule has 0 unspecified atom stereocenters. The van der Waals surface area contributed by atoms with E-state index in [9.17, 15) is 9.59 Å². The van der Waals surface area contributed by atoms with Crippen molar-refractivity contribution in [3.63, 3.8) is 0 Å². The fraction of sp³-hybridized carbons (Fsp3) is 0.444. The first-order chi connectivity index (χ1) is 12.6. The molecule has 0 aliphatic carbocycles. The monoisotopic (exact) mass is 372 g/mol. The van der Waals surface area contributed by atoms with E-state index in [1.807, 2.05) is 4.90 Å². The van der Waals surface area contributed by atoms with Gasteiger partial charge in [0.15, 0.2) is 0 Å². The first kappa shape index (κ1) is 17.0. The number of aryl methyl sites for hydroxylation is 1. The molecule has 2 aromatic rings. The number of nitrogens with one attached hydrogen (secondary N) is 1. The van der Waals surface area contributed by atoms with Crippen molar-refractivity contribution in [3.8, 4) is 5.75 Å². The number of benzene rings is 1. The summed E-state index contributed by atoms with van der Waals surface area (Å²) in [5.41, 5.74) is 1.66. The summed E-state index contributed by atoms with van der Waals surface area (Å²) in [5, 5.41) is 6.69. The van der Waals surface area contributed by atoms with Gasteiger partial charge in [0.2, 0.25) is 0 Å². The van der Waals surface area contributed by atoms with E-state index < -0.39 is 0 Å². The van der Waals surface area contributed by atoms with E-state index in [2.05, 4.69) is 14.9 Å². The Morgan fingerprint density at radius 2 is 2.23 bits per heavy atom. The van der Waals surface area contributed by atoms with Crippen LogP contribution in [-0.4, -0.2) is 45.5 Å². The van der Waals surface area contributed by atoms with Gasteiger partial charge in [-0.15, -0.1) is 5.10 Å². The summed E-state index contributed by atoms with van der Waals surface area (Å²) in [6, 6.07) is 5.46. The summed E-state index contributed by atoms with van der Waals surface area (Å²) >= 11 is 1.05. The Morgan fingerprint density at radius 1 is 1.35 bits per heavy atom. The van der Waals surface area contributed by atoms with Crippen molar-refractivity contribution in [3.05, 3.63) is 34.3 Å². The van der Waals surface area contributed by atoms with Crippen LogP contribution >= 0.6 is 11.5 Å². The molecule has 1 aromatic carbocycles. The molecule has 3 heterocycles. The molecule has 1 atom stereocenters. The highest BCUT2D eigenvalue weighted by Crippen LogP contribution is 2.31. The third-order valence-electron chi connectivity index (χ3n) is 4.92. The molecule has 4 rings (SSSR count). The second kappa shape index (κ2) is 7.03. The van der Waals surface area contributed by atoms with Crippen molar-refractivity contribution in [2.45, 2.75) is 38.6 Å². The molecule has 0 bridgehead atoms. The van der Waals surface area contributed by atoms with Gasteiger partial charge < -0.3 is 15.0 Å². The molecule has 1 N–H and O–H groups in total. The van der Waals surface area contributed by atoms with E-state index >= 15 is 0 Å². The van der Waals surface area contributed by atoms with Crippen LogP contribution < -0.4 is 10.1 Å². The van der Waals surface area contributed by atoms with E-state index in [4.69, 9.17) is 4.74 Å². The van der Waals surface area contributed by atoms with Gasteiger partial charge in [-0.1, -0.05) is 4.49 Å². The number of aromatic nitrogens is 2. The van der Waals surface area contributed by atoms with Crippen molar-refractivity contribution in [1.82, 2.24) is 14.5 Å². The SMILES string of the molecule is Cc1nnsc1C(=O)Nc1ccc2c(c1)C(=O)N1CCCC[C@H]1CCO2. The number of piperidine rings is 1. The lowest BCUT2D eigenvalue weighted by Gasteiger charge is -2.37. The number of amides is 2. The summed E-state index contributed by atoms with van der Waals surface area (Å²) in [6.45, 7) is 3.12. The molecule has 1 fully saturated rings. The van der Waals surface area contributed by atoms with Gasteiger partial charge >= 0.3 is 0 Å². The molecule has 0 spiro atoms. The summed E-state index contributed by atoms with van der Waals surface area (Å²) in [6.07, 6.45) is 4.08. The second-order valence-corrected chi connectivity index (χ2v) is 7.39. The third-order valence-corrected chi connectivity index (χ3v) is 5.75. The lowest BCUT2D eigenvalue weighted by molar-refractivity contribution is 0.0548. The predicted molar refractivity (Wildman–Crippen MR) is 97.8 cm³/mol. The number of carbonyl (C=O) groups excluding carboxylic acids is 2. The minimum absolute atomic E-state index is 0.0175. The van der Waals surface area contributed by atoms with E-state index in [1.165, 1.54) is 0 Å². The van der Waals surface area contributed by atoms with Crippen LogP contribution in [0.2, 0.25) is 0 Å². The molecule has 136 valence electrons. The lowest BCUT2D eigenvalue weighted by Crippen LogP contribution is -2.45. The maximum absolute atomic E-state index is 13.1. The molecule has 1 saturated heterocycles. The summed E-state index contributed by atoms with van der Waals surface area (Å²) in [7, 11) is 0. The summed E-state index contributed by atoms with van der Waals surface area (Å²) in [4.78, 5) is 27.9. The molecule has 1 aromatic heterocycles. The van der Waals surface area contributed by atoms with Crippen LogP contribution in [-0.2, 0) is 0 Å². The van der Waals surface area contributed by atoms with Gasteiger partial charge in [-0.2, -0.15) is 0 Å². The quantitative estimate of drug-likeness (QED) is 0.876. The Balaban J connectivity index is 1.61. The van der Waals surface area contributed by atoms with Crippen molar-refractivity contribution in [2.24, 2.45) is 0 Å². The third kappa shape index (κ3) is 3.16. The Morgan fingerprint density at radius 3 is 3.04 bits per heavy atom. The highest BCUT2D eigenvalue weighted by molar-refractivity contribution is 7.08. The standard InChI is InChI=1S/C18H20N4O3S/c1-11-16(26-21-20-11)17(23)19-12-5-6-15-14(10-12)18(24)22-8-3-2-4-13(22)7-9-25-15/h5-6,10,13H,2-4,7-9H2,1H3,(H,19,23)/t13-/m0/s1. The molecule has 8 heteroatoms. The van der Waals surface area contributed by atoms with Crippen LogP contribution in [0.15, 0.2) is 18.2 Å². The minimum Gasteiger partial charge on any atom is -0.493 e. The molecule has 2 aliphatic rings. The normalized spacial score (nSPS) is 19.7. The van der Waals surface area contributed by atoms with Crippen molar-refractivity contribution >= 4 is 29.0 Å². The van der Waals surface area contributed by atoms with Crippen molar-refractivity contribution in [1.29, 1.82) is 0 Å². The fourth-order valence-electron chi connectivity index (χ4n) is 3.56. The number of nitrogens with zero attached hydrogens (tertiary/aromatic N) is 3. The second-order valence-electron chi connectivity index (χ2n) is 6.64. The highest BCUT2D eigenvalue weighted by atomic mass is 32.1. The van der Waals surface area contributed by atoms with E-state index in [0.717, 1.165) is 43.8 Å². The number of carbonyl (C=O) groups is 2. The van der Waals surface area contributed by atoms with Crippen molar-refractivity contribution in [2.75, 3.05) is 18.5 Å². The molecule has 26 heavy (non-hydrogen) atoms. The predicted octanol–water partition coefficient (Wildman–Crippen LogP) is 2.88. The van der Waals surface area contributed by atoms with E-state index in [-0.39, 0.29) is 17.9 Å². The van der Waals surface area contributed by atoms with Gasteiger partial charge in [-0.05, 0) is 55.9 Å². The Kier molecular flexibility index (Phi) is 4.58. The van der Waals surface area contributed by atoms with Crippen LogP contribution in [0.4, 0.5) is 5.69 Å². The maximum atomic E-state index is 13.1. The van der Waals surface area contributed by atoms with Gasteiger partial charge in [0, 0.05) is 24.7 Å². The van der Waals surface area contributed by atoms with Gasteiger partial charge in [-0.3, -0.25) is 9.59 Å². The van der Waals surface area contributed by atoms with Crippen molar-refractivity contribution < 1.29 is 14.3 Å². The first-order valence-corrected chi connectivity index (χ1v) is 9.59. The topological polar surface area (TPSA) is 84.4 Å². The number of anilines is 1. The van der Waals surface area contributed by atoms with Gasteiger partial charge in [0.25, 0.3) is 11.8 Å². The Hall–Kier alpha value is -2.48. The largest absolute Gasteiger partial charge is 0.493 e. The Bertz CT molecular complexity index is 851. The lowest BCUT2D eigenvalue weighted by atomic mass is 9.97. The number of hydrogen-bond acceptors (Lipinski definition) is 6. The fourth-order valence-corrected chi connectivity index (χ4v) is 4.11. The average molecular weight is 372 g/mol. The molecule has 0 radical (unpaired) electrons. The van der Waals surface area contributed by atoms with Crippen LogP contribution in [0.3, 0.4) is 0 Å². The molecular formula is C18H20N4O3S. The van der Waals surface area contributed by atoms with Crippen LogP contribution in [0.5, 0.6) is 5.75 Å². The zero-order valence-electron chi connectivity index (χ0n) is 14.5. The molecule has 2 aliphatic heterocycles. The number of ether oxygens (including phenoxy) is 1. The summed E-state index contributed by atoms with van der Waals surface area (Å²) < 4.78 is 9.61. The molecule has 0 saturated carbocycles. The minimum atomic E-state index is -0.271. The van der Waals surface area contributed by atoms with Gasteiger partial charge in [-0.25, -0.2) is 0 Å². The smallest absolute Gasteiger partial charge is 0.269 e. The number of rotatable bonds is 2. The van der Waals surface area contributed by atoms with Gasteiger partial charge in [0.1, 0.15) is 10.6 Å². The van der Waals surface area contributed by atoms with Crippen LogP contribution in [0.1, 0.15) is 51.4 Å². The summed E-state index contributed by atoms with van der Waals surface area (Å²) in [5.74, 6) is 0.288. The zero-order chi connectivity index (χ0) is 18.1. The first-order valence-electron chi connectivity index (χ1n) is 8.81. The zero-order valence-corrected chi connectivity index (χ0v) is 15.3. The maximum Gasteiger partial charge on any atom is 0.269 e. The average Bonchev–Trinajstić information content (AvgIpc) is 3.07. The Labute approximate surface area is 155 Å². The molecule has 7 nitrogen and oxygen atoms in total. The number of hydrogen-bond donors (Lipinski definition) is 1.